The molecule has 0 spiro atoms. The van der Waals surface area contributed by atoms with Crippen LogP contribution in [0.5, 0.6) is 5.75 Å². The molecule has 39 heavy (non-hydrogen) atoms. The third-order valence-corrected chi connectivity index (χ3v) is 6.79. The summed E-state index contributed by atoms with van der Waals surface area (Å²) in [7, 11) is 0. The molecule has 0 bridgehead atoms. The SMILES string of the molecule is O=C(Cc1cc(=O)oc2cc(O)ccc12)N1NC(=Nc2ccccc2)SC=C1c1cc2ccccc2oc1=O. The van der Waals surface area contributed by atoms with Crippen LogP contribution in [0.25, 0.3) is 27.6 Å². The molecule has 0 saturated heterocycles. The second-order valence-electron chi connectivity index (χ2n) is 8.65. The molecule has 2 aromatic heterocycles. The number of phenols is 1. The van der Waals surface area contributed by atoms with Gasteiger partial charge in [-0.15, -0.1) is 0 Å². The van der Waals surface area contributed by atoms with Crippen LogP contribution in [-0.4, -0.2) is 21.2 Å². The number of benzene rings is 3. The van der Waals surface area contributed by atoms with Gasteiger partial charge in [-0.25, -0.2) is 19.6 Å². The normalized spacial score (nSPS) is 14.4. The zero-order valence-electron chi connectivity index (χ0n) is 20.2. The van der Waals surface area contributed by atoms with Gasteiger partial charge in [-0.1, -0.05) is 48.2 Å². The highest BCUT2D eigenvalue weighted by Crippen LogP contribution is 2.29. The Morgan fingerprint density at radius 2 is 1.72 bits per heavy atom. The molecule has 0 saturated carbocycles. The minimum atomic E-state index is -0.657. The lowest BCUT2D eigenvalue weighted by molar-refractivity contribution is -0.128. The number of carbonyl (C=O) groups excluding carboxylic acids is 1. The fraction of sp³-hybridized carbons (Fsp3) is 0.0345. The molecule has 1 aliphatic rings. The third-order valence-electron chi connectivity index (χ3n) is 6.04. The van der Waals surface area contributed by atoms with Crippen LogP contribution < -0.4 is 16.7 Å². The first-order valence-electron chi connectivity index (χ1n) is 11.8. The van der Waals surface area contributed by atoms with Gasteiger partial charge in [-0.3, -0.25) is 10.2 Å². The maximum atomic E-state index is 13.8. The molecule has 10 heteroatoms. The van der Waals surface area contributed by atoms with Crippen LogP contribution in [0.1, 0.15) is 11.1 Å². The molecule has 192 valence electrons. The number of phenolic OH excluding ortho intramolecular Hbond substituents is 1. The van der Waals surface area contributed by atoms with Crippen molar-refractivity contribution in [1.29, 1.82) is 0 Å². The first-order valence-corrected chi connectivity index (χ1v) is 12.7. The van der Waals surface area contributed by atoms with Gasteiger partial charge in [-0.05, 0) is 42.0 Å². The summed E-state index contributed by atoms with van der Waals surface area (Å²) in [5.74, 6) is -0.534. The molecule has 0 fully saturated rings. The molecule has 3 aromatic carbocycles. The highest BCUT2D eigenvalue weighted by atomic mass is 32.2. The van der Waals surface area contributed by atoms with Crippen LogP contribution in [0.2, 0.25) is 0 Å². The Morgan fingerprint density at radius 3 is 2.56 bits per heavy atom. The number of fused-ring (bicyclic) bond motifs is 2. The van der Waals surface area contributed by atoms with E-state index >= 15 is 0 Å². The number of carbonyl (C=O) groups is 1. The Bertz CT molecular complexity index is 1930. The van der Waals surface area contributed by atoms with E-state index in [-0.39, 0.29) is 29.0 Å². The van der Waals surface area contributed by atoms with Crippen LogP contribution in [0, 0.1) is 0 Å². The number of aromatic hydroxyl groups is 1. The van der Waals surface area contributed by atoms with Gasteiger partial charge < -0.3 is 13.9 Å². The van der Waals surface area contributed by atoms with Gasteiger partial charge in [0, 0.05) is 28.3 Å². The van der Waals surface area contributed by atoms with Crippen molar-refractivity contribution in [3.63, 3.8) is 0 Å². The lowest BCUT2D eigenvalue weighted by atomic mass is 10.1. The zero-order valence-corrected chi connectivity index (χ0v) is 21.0. The zero-order chi connectivity index (χ0) is 26.9. The molecule has 1 amide bonds. The van der Waals surface area contributed by atoms with Gasteiger partial charge in [0.25, 0.3) is 0 Å². The van der Waals surface area contributed by atoms with Crippen LogP contribution in [-0.2, 0) is 11.2 Å². The maximum Gasteiger partial charge on any atom is 0.345 e. The first kappa shape index (κ1) is 24.3. The summed E-state index contributed by atoms with van der Waals surface area (Å²) in [4.78, 5) is 43.6. The van der Waals surface area contributed by atoms with Crippen LogP contribution >= 0.6 is 11.8 Å². The molecular formula is C29H19N3O6S. The molecule has 2 N–H and O–H groups in total. The van der Waals surface area contributed by atoms with E-state index in [1.54, 1.807) is 29.7 Å². The second-order valence-corrected chi connectivity index (χ2v) is 9.51. The summed E-state index contributed by atoms with van der Waals surface area (Å²) in [5.41, 5.74) is 3.88. The molecule has 5 aromatic rings. The molecule has 0 aliphatic carbocycles. The van der Waals surface area contributed by atoms with Crippen molar-refractivity contribution >= 4 is 56.2 Å². The largest absolute Gasteiger partial charge is 0.508 e. The number of thioether (sulfide) groups is 1. The minimum absolute atomic E-state index is 0.0705. The summed E-state index contributed by atoms with van der Waals surface area (Å²) in [5, 5.41) is 14.3. The van der Waals surface area contributed by atoms with Gasteiger partial charge >= 0.3 is 11.3 Å². The van der Waals surface area contributed by atoms with Crippen molar-refractivity contribution in [3.05, 3.63) is 122 Å². The van der Waals surface area contributed by atoms with Crippen molar-refractivity contribution < 1.29 is 18.7 Å². The maximum absolute atomic E-state index is 13.8. The van der Waals surface area contributed by atoms with Crippen molar-refractivity contribution in [3.8, 4) is 5.75 Å². The van der Waals surface area contributed by atoms with Crippen LogP contribution in [0.4, 0.5) is 5.69 Å². The Labute approximate surface area is 224 Å². The lowest BCUT2D eigenvalue weighted by Crippen LogP contribution is -2.47. The highest BCUT2D eigenvalue weighted by molar-refractivity contribution is 8.16. The van der Waals surface area contributed by atoms with Gasteiger partial charge in [-0.2, -0.15) is 0 Å². The molecular weight excluding hydrogens is 518 g/mol. The third kappa shape index (κ3) is 4.92. The summed E-state index contributed by atoms with van der Waals surface area (Å²) in [6.07, 6.45) is -0.209. The average Bonchev–Trinajstić information content (AvgIpc) is 2.93. The molecule has 1 aliphatic heterocycles. The highest BCUT2D eigenvalue weighted by Gasteiger charge is 2.28. The first-order chi connectivity index (χ1) is 18.9. The number of nitrogens with zero attached hydrogens (tertiary/aromatic N) is 2. The van der Waals surface area contributed by atoms with Gasteiger partial charge in [0.05, 0.1) is 23.4 Å². The van der Waals surface area contributed by atoms with E-state index in [1.165, 1.54) is 35.0 Å². The van der Waals surface area contributed by atoms with E-state index in [0.29, 0.717) is 32.8 Å². The van der Waals surface area contributed by atoms with Crippen molar-refractivity contribution in [2.75, 3.05) is 0 Å². The smallest absolute Gasteiger partial charge is 0.345 e. The van der Waals surface area contributed by atoms with Gasteiger partial charge in [0.2, 0.25) is 5.91 Å². The Kier molecular flexibility index (Phi) is 6.22. The molecule has 6 rings (SSSR count). The Hall–Kier alpha value is -5.09. The van der Waals surface area contributed by atoms with E-state index in [2.05, 4.69) is 10.4 Å². The van der Waals surface area contributed by atoms with E-state index in [9.17, 15) is 19.5 Å². The number of aliphatic imine (C=N–C) groups is 1. The van der Waals surface area contributed by atoms with Crippen LogP contribution in [0.15, 0.2) is 114 Å². The average molecular weight is 538 g/mol. The van der Waals surface area contributed by atoms with Crippen molar-refractivity contribution in [2.45, 2.75) is 6.42 Å². The van der Waals surface area contributed by atoms with Gasteiger partial charge in [0.1, 0.15) is 16.9 Å². The van der Waals surface area contributed by atoms with E-state index in [0.717, 1.165) is 0 Å². The molecule has 3 heterocycles. The van der Waals surface area contributed by atoms with Crippen LogP contribution in [0.3, 0.4) is 0 Å². The number of amides is 1. The molecule has 0 radical (unpaired) electrons. The fourth-order valence-corrected chi connectivity index (χ4v) is 5.00. The summed E-state index contributed by atoms with van der Waals surface area (Å²) < 4.78 is 10.7. The van der Waals surface area contributed by atoms with E-state index in [1.807, 2.05) is 42.5 Å². The summed E-state index contributed by atoms with van der Waals surface area (Å²) in [6.45, 7) is 0. The van der Waals surface area contributed by atoms with Gasteiger partial charge in [0.15, 0.2) is 5.17 Å². The predicted octanol–water partition coefficient (Wildman–Crippen LogP) is 4.91. The van der Waals surface area contributed by atoms with E-state index < -0.39 is 17.2 Å². The monoisotopic (exact) mass is 537 g/mol. The fourth-order valence-electron chi connectivity index (χ4n) is 4.25. The standard InChI is InChI=1S/C29H19N3O6S/c33-20-10-11-21-18(14-27(35)37-25(21)15-20)13-26(34)32-23(16-39-29(31-32)30-19-7-2-1-3-8-19)22-12-17-6-4-5-9-24(17)38-28(22)36/h1-12,14-16,33H,13H2,(H,30,31). The van der Waals surface area contributed by atoms with Crippen molar-refractivity contribution in [1.82, 2.24) is 10.4 Å². The van der Waals surface area contributed by atoms with E-state index in [4.69, 9.17) is 8.83 Å². The number of para-hydroxylation sites is 2. The number of hydrogen-bond acceptors (Lipinski definition) is 8. The molecule has 0 atom stereocenters. The molecule has 0 unspecified atom stereocenters. The quantitative estimate of drug-likeness (QED) is 0.310. The number of hydrazine groups is 1. The second kappa shape index (κ2) is 9.99. The minimum Gasteiger partial charge on any atom is -0.508 e. The number of rotatable bonds is 4. The topological polar surface area (TPSA) is 125 Å². The van der Waals surface area contributed by atoms with Crippen molar-refractivity contribution in [2.24, 2.45) is 4.99 Å². The Morgan fingerprint density at radius 1 is 0.923 bits per heavy atom. The predicted molar refractivity (Wildman–Crippen MR) is 149 cm³/mol. The Balaban J connectivity index is 1.43. The summed E-state index contributed by atoms with van der Waals surface area (Å²) >= 11 is 1.22. The number of nitrogens with one attached hydrogen (secondary N) is 1. The lowest BCUT2D eigenvalue weighted by Gasteiger charge is -2.30. The molecule has 9 nitrogen and oxygen atoms in total. The number of hydrogen-bond donors (Lipinski definition) is 2. The number of amidine groups is 1. The summed E-state index contributed by atoms with van der Waals surface area (Å²) in [6, 6.07) is 23.6.